The van der Waals surface area contributed by atoms with Crippen molar-refractivity contribution in [1.29, 1.82) is 0 Å². The van der Waals surface area contributed by atoms with Gasteiger partial charge in [-0.15, -0.1) is 0 Å². The summed E-state index contributed by atoms with van der Waals surface area (Å²) in [6, 6.07) is 15.7. The topological polar surface area (TPSA) is 57.3 Å². The van der Waals surface area contributed by atoms with Crippen LogP contribution in [0.5, 0.6) is 0 Å². The Bertz CT molecular complexity index is 836. The molecule has 1 aliphatic rings. The van der Waals surface area contributed by atoms with Crippen molar-refractivity contribution in [3.63, 3.8) is 0 Å². The van der Waals surface area contributed by atoms with Crippen LogP contribution in [-0.4, -0.2) is 42.0 Å². The molecule has 0 radical (unpaired) electrons. The van der Waals surface area contributed by atoms with Crippen molar-refractivity contribution in [2.45, 2.75) is 6.54 Å². The van der Waals surface area contributed by atoms with Crippen molar-refractivity contribution >= 4 is 32.6 Å². The molecule has 5 nitrogen and oxygen atoms in total. The molecule has 2 N–H and O–H groups in total. The van der Waals surface area contributed by atoms with E-state index in [1.54, 1.807) is 0 Å². The molecule has 4 rings (SSSR count). The van der Waals surface area contributed by atoms with Gasteiger partial charge in [0.25, 0.3) is 5.91 Å². The van der Waals surface area contributed by atoms with Gasteiger partial charge in [-0.25, -0.2) is 4.98 Å². The van der Waals surface area contributed by atoms with Gasteiger partial charge in [0.2, 0.25) is 0 Å². The molecule has 0 saturated carbocycles. The second kappa shape index (κ2) is 7.31. The van der Waals surface area contributed by atoms with Crippen LogP contribution in [0.4, 0.5) is 5.13 Å². The summed E-state index contributed by atoms with van der Waals surface area (Å²) in [7, 11) is 0. The number of nitrogens with zero attached hydrogens (tertiary/aromatic N) is 2. The number of fused-ring (bicyclic) bond motifs is 1. The van der Waals surface area contributed by atoms with E-state index < -0.39 is 0 Å². The van der Waals surface area contributed by atoms with Crippen molar-refractivity contribution in [1.82, 2.24) is 15.2 Å². The summed E-state index contributed by atoms with van der Waals surface area (Å²) < 4.78 is 1.07. The van der Waals surface area contributed by atoms with Gasteiger partial charge in [-0.2, -0.15) is 0 Å². The second-order valence-electron chi connectivity index (χ2n) is 6.16. The molecule has 1 fully saturated rings. The Morgan fingerprint density at radius 1 is 1.12 bits per heavy atom. The predicted molar refractivity (Wildman–Crippen MR) is 102 cm³/mol. The Balaban J connectivity index is 1.41. The third kappa shape index (κ3) is 3.87. The Kier molecular flexibility index (Phi) is 4.74. The fourth-order valence-electron chi connectivity index (χ4n) is 2.98. The Labute approximate surface area is 150 Å². The zero-order chi connectivity index (χ0) is 17.1. The first kappa shape index (κ1) is 16.2. The number of piperazine rings is 1. The van der Waals surface area contributed by atoms with E-state index in [1.165, 1.54) is 16.9 Å². The molecule has 0 spiro atoms. The van der Waals surface area contributed by atoms with Crippen LogP contribution in [0.2, 0.25) is 0 Å². The average Bonchev–Trinajstić information content (AvgIpc) is 3.05. The van der Waals surface area contributed by atoms with Crippen LogP contribution in [0.3, 0.4) is 0 Å². The van der Waals surface area contributed by atoms with Crippen LogP contribution < -0.4 is 10.6 Å². The van der Waals surface area contributed by atoms with E-state index in [4.69, 9.17) is 0 Å². The van der Waals surface area contributed by atoms with Crippen molar-refractivity contribution in [2.24, 2.45) is 0 Å². The molecule has 0 atom stereocenters. The fourth-order valence-corrected chi connectivity index (χ4v) is 3.84. The Morgan fingerprint density at radius 3 is 2.64 bits per heavy atom. The maximum absolute atomic E-state index is 12.4. The van der Waals surface area contributed by atoms with Crippen LogP contribution >= 0.6 is 11.3 Å². The average molecular weight is 352 g/mol. The van der Waals surface area contributed by atoms with Crippen molar-refractivity contribution in [3.8, 4) is 0 Å². The highest BCUT2D eigenvalue weighted by molar-refractivity contribution is 7.22. The number of rotatable bonds is 4. The van der Waals surface area contributed by atoms with Crippen molar-refractivity contribution in [3.05, 3.63) is 59.7 Å². The molecular weight excluding hydrogens is 332 g/mol. The van der Waals surface area contributed by atoms with Crippen LogP contribution in [0.1, 0.15) is 15.9 Å². The van der Waals surface area contributed by atoms with Gasteiger partial charge in [0.05, 0.1) is 10.2 Å². The van der Waals surface area contributed by atoms with Gasteiger partial charge >= 0.3 is 0 Å². The van der Waals surface area contributed by atoms with Crippen LogP contribution in [0.15, 0.2) is 48.5 Å². The lowest BCUT2D eigenvalue weighted by Crippen LogP contribution is -2.42. The molecule has 1 amide bonds. The summed E-state index contributed by atoms with van der Waals surface area (Å²) in [5.41, 5.74) is 2.80. The summed E-state index contributed by atoms with van der Waals surface area (Å²) in [5, 5.41) is 6.89. The smallest absolute Gasteiger partial charge is 0.257 e. The molecule has 0 aliphatic carbocycles. The number of benzene rings is 2. The summed E-state index contributed by atoms with van der Waals surface area (Å²) in [5.74, 6) is -0.118. The molecule has 6 heteroatoms. The van der Waals surface area contributed by atoms with Gasteiger partial charge in [0.15, 0.2) is 5.13 Å². The lowest BCUT2D eigenvalue weighted by Gasteiger charge is -2.27. The first-order valence-corrected chi connectivity index (χ1v) is 9.28. The number of hydrogen-bond acceptors (Lipinski definition) is 5. The minimum atomic E-state index is -0.118. The Hall–Kier alpha value is -2.28. The van der Waals surface area contributed by atoms with Crippen LogP contribution in [0.25, 0.3) is 10.2 Å². The number of amides is 1. The number of hydrogen-bond donors (Lipinski definition) is 2. The lowest BCUT2D eigenvalue weighted by molar-refractivity contribution is 0.102. The minimum absolute atomic E-state index is 0.118. The molecule has 2 heterocycles. The normalized spacial score (nSPS) is 15.4. The largest absolute Gasteiger partial charge is 0.314 e. The molecule has 1 aliphatic heterocycles. The number of nitrogens with one attached hydrogen (secondary N) is 2. The number of aromatic nitrogens is 1. The maximum atomic E-state index is 12.4. The third-order valence-corrected chi connectivity index (χ3v) is 5.30. The molecule has 3 aromatic rings. The van der Waals surface area contributed by atoms with E-state index in [0.29, 0.717) is 10.7 Å². The highest BCUT2D eigenvalue weighted by Crippen LogP contribution is 2.25. The van der Waals surface area contributed by atoms with Crippen LogP contribution in [-0.2, 0) is 6.54 Å². The number of carbonyl (C=O) groups excluding carboxylic acids is 1. The van der Waals surface area contributed by atoms with Gasteiger partial charge in [0.1, 0.15) is 0 Å². The van der Waals surface area contributed by atoms with Gasteiger partial charge in [0, 0.05) is 38.3 Å². The van der Waals surface area contributed by atoms with E-state index in [-0.39, 0.29) is 5.91 Å². The van der Waals surface area contributed by atoms with Crippen molar-refractivity contribution < 1.29 is 4.79 Å². The number of para-hydroxylation sites is 1. The van der Waals surface area contributed by atoms with E-state index in [9.17, 15) is 4.79 Å². The van der Waals surface area contributed by atoms with Gasteiger partial charge in [-0.1, -0.05) is 35.6 Å². The van der Waals surface area contributed by atoms with Crippen LogP contribution in [0, 0.1) is 0 Å². The molecule has 1 saturated heterocycles. The molecular formula is C19H20N4OS. The SMILES string of the molecule is O=C(Nc1nc2ccccc2s1)c1ccc(CN2CCNCC2)cc1. The number of carbonyl (C=O) groups is 1. The molecule has 0 unspecified atom stereocenters. The van der Waals surface area contributed by atoms with Gasteiger partial charge in [-0.3, -0.25) is 15.0 Å². The molecule has 1 aromatic heterocycles. The second-order valence-corrected chi connectivity index (χ2v) is 7.19. The van der Waals surface area contributed by atoms with E-state index in [2.05, 4.69) is 20.5 Å². The van der Waals surface area contributed by atoms with E-state index >= 15 is 0 Å². The highest BCUT2D eigenvalue weighted by Gasteiger charge is 2.12. The standard InChI is InChI=1S/C19H20N4OS/c24-18(22-19-21-16-3-1-2-4-17(16)25-19)15-7-5-14(6-8-15)13-23-11-9-20-10-12-23/h1-8,20H,9-13H2,(H,21,22,24). The van der Waals surface area contributed by atoms with Gasteiger partial charge < -0.3 is 5.32 Å². The summed E-state index contributed by atoms with van der Waals surface area (Å²) in [6.45, 7) is 5.16. The first-order valence-electron chi connectivity index (χ1n) is 8.47. The summed E-state index contributed by atoms with van der Waals surface area (Å²) in [4.78, 5) is 19.3. The minimum Gasteiger partial charge on any atom is -0.314 e. The third-order valence-electron chi connectivity index (χ3n) is 4.35. The predicted octanol–water partition coefficient (Wildman–Crippen LogP) is 2.95. The fraction of sp³-hybridized carbons (Fsp3) is 0.263. The monoisotopic (exact) mass is 352 g/mol. The Morgan fingerprint density at radius 2 is 1.88 bits per heavy atom. The highest BCUT2D eigenvalue weighted by atomic mass is 32.1. The van der Waals surface area contributed by atoms with Gasteiger partial charge in [-0.05, 0) is 29.8 Å². The molecule has 25 heavy (non-hydrogen) atoms. The summed E-state index contributed by atoms with van der Waals surface area (Å²) in [6.07, 6.45) is 0. The number of anilines is 1. The lowest BCUT2D eigenvalue weighted by atomic mass is 10.1. The number of thiazole rings is 1. The molecule has 2 aromatic carbocycles. The first-order chi connectivity index (χ1) is 12.3. The molecule has 0 bridgehead atoms. The van der Waals surface area contributed by atoms with Crippen molar-refractivity contribution in [2.75, 3.05) is 31.5 Å². The zero-order valence-corrected chi connectivity index (χ0v) is 14.7. The summed E-state index contributed by atoms with van der Waals surface area (Å²) >= 11 is 1.49. The van der Waals surface area contributed by atoms with E-state index in [1.807, 2.05) is 48.5 Å². The quantitative estimate of drug-likeness (QED) is 0.758. The van der Waals surface area contributed by atoms with E-state index in [0.717, 1.165) is 42.9 Å². The maximum Gasteiger partial charge on any atom is 0.257 e. The zero-order valence-electron chi connectivity index (χ0n) is 13.9. The molecule has 128 valence electrons.